The molecule has 0 saturated heterocycles. The molecule has 0 aliphatic heterocycles. The van der Waals surface area contributed by atoms with Gasteiger partial charge in [-0.25, -0.2) is 4.57 Å². The number of hydrogen-bond donors (Lipinski definition) is 1. The van der Waals surface area contributed by atoms with E-state index < -0.39 is 7.82 Å². The third-order valence-electron chi connectivity index (χ3n) is 2.35. The zero-order valence-corrected chi connectivity index (χ0v) is 13.5. The van der Waals surface area contributed by atoms with E-state index in [0.717, 1.165) is 19.4 Å². The van der Waals surface area contributed by atoms with Crippen LogP contribution in [0.3, 0.4) is 0 Å². The Hall–Kier alpha value is 0.0300. The van der Waals surface area contributed by atoms with Crippen molar-refractivity contribution in [3.63, 3.8) is 0 Å². The molecule has 0 aliphatic rings. The number of ether oxygens (including phenoxy) is 1. The van der Waals surface area contributed by atoms with Gasteiger partial charge in [-0.2, -0.15) is 0 Å². The summed E-state index contributed by atoms with van der Waals surface area (Å²) < 4.78 is 27.2. The second-order valence-corrected chi connectivity index (χ2v) is 6.92. The molecule has 0 aromatic carbocycles. The Balaban J connectivity index is 3.54. The highest BCUT2D eigenvalue weighted by Gasteiger charge is 2.21. The molecule has 0 radical (unpaired) electrons. The van der Waals surface area contributed by atoms with Crippen LogP contribution in [0.5, 0.6) is 0 Å². The molecule has 1 unspecified atom stereocenters. The van der Waals surface area contributed by atoms with E-state index in [1.54, 1.807) is 0 Å². The lowest BCUT2D eigenvalue weighted by Crippen LogP contribution is -2.37. The fourth-order valence-electron chi connectivity index (χ4n) is 1.16. The summed E-state index contributed by atoms with van der Waals surface area (Å²) >= 11 is 0. The van der Waals surface area contributed by atoms with Gasteiger partial charge in [0.15, 0.2) is 0 Å². The van der Waals surface area contributed by atoms with E-state index in [-0.39, 0.29) is 13.2 Å². The maximum Gasteiger partial charge on any atom is 0.472 e. The summed E-state index contributed by atoms with van der Waals surface area (Å²) in [6.45, 7) is 4.39. The van der Waals surface area contributed by atoms with Gasteiger partial charge in [0.05, 0.1) is 27.7 Å². The minimum Gasteiger partial charge on any atom is -0.381 e. The van der Waals surface area contributed by atoms with E-state index >= 15 is 0 Å². The number of nitrogens with zero attached hydrogens (tertiary/aromatic N) is 1. The van der Waals surface area contributed by atoms with Crippen LogP contribution in [0.1, 0.15) is 26.2 Å². The average Bonchev–Trinajstić information content (AvgIpc) is 2.25. The van der Waals surface area contributed by atoms with Gasteiger partial charge in [-0.15, -0.1) is 0 Å². The molecule has 1 atom stereocenters. The van der Waals surface area contributed by atoms with Crippen LogP contribution in [0.15, 0.2) is 0 Å². The van der Waals surface area contributed by atoms with Crippen LogP contribution >= 0.6 is 7.82 Å². The molecule has 0 aliphatic carbocycles. The van der Waals surface area contributed by atoms with E-state index in [4.69, 9.17) is 13.8 Å². The van der Waals surface area contributed by atoms with Crippen molar-refractivity contribution in [3.05, 3.63) is 0 Å². The van der Waals surface area contributed by atoms with Crippen molar-refractivity contribution in [1.29, 1.82) is 0 Å². The monoisotopic (exact) mass is 298 g/mol. The summed E-state index contributed by atoms with van der Waals surface area (Å²) in [5, 5.41) is 0. The van der Waals surface area contributed by atoms with Gasteiger partial charge in [-0.05, 0) is 12.8 Å². The highest BCUT2D eigenvalue weighted by molar-refractivity contribution is 7.47. The number of unbranched alkanes of at least 4 members (excludes halogenated alkanes) is 1. The van der Waals surface area contributed by atoms with E-state index in [9.17, 15) is 9.46 Å². The van der Waals surface area contributed by atoms with Crippen molar-refractivity contribution in [2.75, 3.05) is 54.1 Å². The molecule has 0 spiro atoms. The van der Waals surface area contributed by atoms with Gasteiger partial charge in [0.25, 0.3) is 0 Å². The molecule has 0 aromatic heterocycles. The molecular formula is C12H29NO5P+. The van der Waals surface area contributed by atoms with Crippen molar-refractivity contribution < 1.29 is 27.7 Å². The summed E-state index contributed by atoms with van der Waals surface area (Å²) in [6, 6.07) is 0. The van der Waals surface area contributed by atoms with Crippen LogP contribution in [-0.2, 0) is 18.3 Å². The van der Waals surface area contributed by atoms with Gasteiger partial charge in [-0.1, -0.05) is 13.3 Å². The largest absolute Gasteiger partial charge is 0.472 e. The molecule has 0 aromatic rings. The summed E-state index contributed by atoms with van der Waals surface area (Å²) in [5.74, 6) is 0. The molecule has 116 valence electrons. The first kappa shape index (κ1) is 19.0. The lowest BCUT2D eigenvalue weighted by Gasteiger charge is -2.24. The molecule has 7 heteroatoms. The maximum absolute atomic E-state index is 11.5. The van der Waals surface area contributed by atoms with Gasteiger partial charge < -0.3 is 14.1 Å². The van der Waals surface area contributed by atoms with Crippen LogP contribution in [0.4, 0.5) is 0 Å². The van der Waals surface area contributed by atoms with Gasteiger partial charge >= 0.3 is 7.82 Å². The zero-order valence-electron chi connectivity index (χ0n) is 12.6. The SMILES string of the molecule is CCCCOCCCOP(=O)(O)OCC[N+](C)(C)C. The van der Waals surface area contributed by atoms with Crippen LogP contribution in [0, 0.1) is 0 Å². The van der Waals surface area contributed by atoms with Crippen LogP contribution in [-0.4, -0.2) is 63.5 Å². The minimum absolute atomic E-state index is 0.171. The number of likely N-dealkylation sites (N-methyl/N-ethyl adjacent to an activating group) is 1. The molecule has 1 N–H and O–H groups in total. The van der Waals surface area contributed by atoms with E-state index in [0.29, 0.717) is 24.1 Å². The maximum atomic E-state index is 11.5. The Morgan fingerprint density at radius 2 is 1.58 bits per heavy atom. The Bertz CT molecular complexity index is 267. The highest BCUT2D eigenvalue weighted by atomic mass is 31.2. The van der Waals surface area contributed by atoms with Gasteiger partial charge in [-0.3, -0.25) is 9.05 Å². The van der Waals surface area contributed by atoms with Crippen molar-refractivity contribution in [2.24, 2.45) is 0 Å². The van der Waals surface area contributed by atoms with Gasteiger partial charge in [0.1, 0.15) is 13.2 Å². The van der Waals surface area contributed by atoms with Crippen molar-refractivity contribution in [3.8, 4) is 0 Å². The number of rotatable bonds is 12. The molecule has 0 fully saturated rings. The smallest absolute Gasteiger partial charge is 0.381 e. The molecule has 6 nitrogen and oxygen atoms in total. The standard InChI is InChI=1S/C12H28NO5P/c1-5-6-9-16-10-7-11-17-19(14,15)18-12-8-13(2,3)4/h5-12H2,1-4H3/p+1. The summed E-state index contributed by atoms with van der Waals surface area (Å²) in [4.78, 5) is 9.42. The molecule has 0 amide bonds. The van der Waals surface area contributed by atoms with Crippen molar-refractivity contribution in [1.82, 2.24) is 0 Å². The highest BCUT2D eigenvalue weighted by Crippen LogP contribution is 2.42. The first-order valence-corrected chi connectivity index (χ1v) is 8.26. The van der Waals surface area contributed by atoms with Gasteiger partial charge in [0.2, 0.25) is 0 Å². The van der Waals surface area contributed by atoms with Crippen molar-refractivity contribution >= 4 is 7.82 Å². The zero-order chi connectivity index (χ0) is 14.8. The molecular weight excluding hydrogens is 269 g/mol. The Labute approximate surface area is 116 Å². The molecule has 0 saturated carbocycles. The normalized spacial score (nSPS) is 15.4. The second-order valence-electron chi connectivity index (χ2n) is 5.47. The fraction of sp³-hybridized carbons (Fsp3) is 1.00. The molecule has 0 bridgehead atoms. The fourth-order valence-corrected chi connectivity index (χ4v) is 1.90. The van der Waals surface area contributed by atoms with Crippen LogP contribution < -0.4 is 0 Å². The van der Waals surface area contributed by atoms with E-state index in [1.165, 1.54) is 0 Å². The van der Waals surface area contributed by atoms with E-state index in [2.05, 4.69) is 6.92 Å². The molecule has 0 rings (SSSR count). The van der Waals surface area contributed by atoms with E-state index in [1.807, 2.05) is 21.1 Å². The quantitative estimate of drug-likeness (QED) is 0.339. The Morgan fingerprint density at radius 3 is 2.16 bits per heavy atom. The van der Waals surface area contributed by atoms with Crippen LogP contribution in [0.2, 0.25) is 0 Å². The Kier molecular flexibility index (Phi) is 9.87. The number of hydrogen-bond acceptors (Lipinski definition) is 4. The van der Waals surface area contributed by atoms with Crippen molar-refractivity contribution in [2.45, 2.75) is 26.2 Å². The topological polar surface area (TPSA) is 65.0 Å². The third kappa shape index (κ3) is 14.3. The Morgan fingerprint density at radius 1 is 1.00 bits per heavy atom. The first-order chi connectivity index (χ1) is 8.77. The summed E-state index contributed by atoms with van der Waals surface area (Å²) in [7, 11) is 2.05. The average molecular weight is 298 g/mol. The summed E-state index contributed by atoms with van der Waals surface area (Å²) in [5.41, 5.74) is 0. The first-order valence-electron chi connectivity index (χ1n) is 6.77. The lowest BCUT2D eigenvalue weighted by molar-refractivity contribution is -0.870. The predicted octanol–water partition coefficient (Wildman–Crippen LogP) is 2.03. The number of quaternary nitrogens is 1. The minimum atomic E-state index is -3.91. The number of phosphoric acid groups is 1. The van der Waals surface area contributed by atoms with Gasteiger partial charge in [0, 0.05) is 13.2 Å². The van der Waals surface area contributed by atoms with Crippen LogP contribution in [0.25, 0.3) is 0 Å². The third-order valence-corrected chi connectivity index (χ3v) is 3.36. The predicted molar refractivity (Wildman–Crippen MR) is 75.0 cm³/mol. The summed E-state index contributed by atoms with van der Waals surface area (Å²) in [6.07, 6.45) is 2.73. The molecule has 0 heterocycles. The second kappa shape index (κ2) is 9.86. The molecule has 19 heavy (non-hydrogen) atoms. The number of phosphoric ester groups is 1. The lowest BCUT2D eigenvalue weighted by atomic mass is 10.4.